The van der Waals surface area contributed by atoms with Gasteiger partial charge in [-0.1, -0.05) is 271 Å². The molecule has 0 spiro atoms. The average molecular weight is 691 g/mol. The lowest BCUT2D eigenvalue weighted by atomic mass is 10.0. The van der Waals surface area contributed by atoms with Crippen molar-refractivity contribution in [1.82, 2.24) is 0 Å². The Labute approximate surface area is 311 Å². The van der Waals surface area contributed by atoms with Crippen molar-refractivity contribution in [1.29, 1.82) is 0 Å². The van der Waals surface area contributed by atoms with Crippen LogP contribution in [0.4, 0.5) is 0 Å². The van der Waals surface area contributed by atoms with Crippen LogP contribution in [0.25, 0.3) is 0 Å². The predicted octanol–water partition coefficient (Wildman–Crippen LogP) is 17.3. The van der Waals surface area contributed by atoms with Crippen molar-refractivity contribution in [2.24, 2.45) is 0 Å². The Balaban J connectivity index is 3.12. The molecule has 0 aliphatic carbocycles. The van der Waals surface area contributed by atoms with Crippen molar-refractivity contribution < 1.29 is 9.53 Å². The third-order valence-corrected chi connectivity index (χ3v) is 11.0. The highest BCUT2D eigenvalue weighted by Crippen LogP contribution is 2.17. The van der Waals surface area contributed by atoms with Crippen LogP contribution >= 0.6 is 0 Å². The summed E-state index contributed by atoms with van der Waals surface area (Å²) in [4.78, 5) is 12.0. The van der Waals surface area contributed by atoms with E-state index in [9.17, 15) is 4.79 Å². The van der Waals surface area contributed by atoms with Crippen LogP contribution in [0.5, 0.6) is 0 Å². The standard InChI is InChI=1S/C47H94O2/c1-3-5-7-9-11-13-15-17-18-19-20-21-22-23-24-25-26-27-28-29-30-31-32-34-36-38-40-42-44-46-49-47(48)45-43-41-39-37-35-33-16-14-12-10-8-6-4-2/h3-46H2,1-2H3. The molecule has 0 saturated carbocycles. The van der Waals surface area contributed by atoms with Crippen LogP contribution in [0.3, 0.4) is 0 Å². The third-order valence-electron chi connectivity index (χ3n) is 11.0. The van der Waals surface area contributed by atoms with Crippen molar-refractivity contribution in [3.8, 4) is 0 Å². The van der Waals surface area contributed by atoms with Gasteiger partial charge in [0.1, 0.15) is 0 Å². The monoisotopic (exact) mass is 691 g/mol. The predicted molar refractivity (Wildman–Crippen MR) is 221 cm³/mol. The first-order valence-electron chi connectivity index (χ1n) is 23.5. The summed E-state index contributed by atoms with van der Waals surface area (Å²) in [5, 5.41) is 0. The minimum Gasteiger partial charge on any atom is -0.466 e. The van der Waals surface area contributed by atoms with E-state index in [1.165, 1.54) is 257 Å². The maximum Gasteiger partial charge on any atom is 0.305 e. The molecule has 2 heteroatoms. The maximum atomic E-state index is 12.0. The van der Waals surface area contributed by atoms with Crippen LogP contribution in [0.15, 0.2) is 0 Å². The van der Waals surface area contributed by atoms with Crippen molar-refractivity contribution in [3.63, 3.8) is 0 Å². The van der Waals surface area contributed by atoms with Crippen LogP contribution in [0, 0.1) is 0 Å². The van der Waals surface area contributed by atoms with E-state index in [1.807, 2.05) is 0 Å². The summed E-state index contributed by atoms with van der Waals surface area (Å²) >= 11 is 0. The van der Waals surface area contributed by atoms with Gasteiger partial charge in [-0.3, -0.25) is 4.79 Å². The summed E-state index contributed by atoms with van der Waals surface area (Å²) in [5.74, 6) is 0.0308. The Kier molecular flexibility index (Phi) is 45.0. The third kappa shape index (κ3) is 45.4. The molecule has 0 aliphatic heterocycles. The zero-order valence-electron chi connectivity index (χ0n) is 34.4. The van der Waals surface area contributed by atoms with Crippen LogP contribution < -0.4 is 0 Å². The lowest BCUT2D eigenvalue weighted by molar-refractivity contribution is -0.143. The highest BCUT2D eigenvalue weighted by molar-refractivity contribution is 5.69. The summed E-state index contributed by atoms with van der Waals surface area (Å²) in [7, 11) is 0. The molecular formula is C47H94O2. The van der Waals surface area contributed by atoms with Crippen LogP contribution in [-0.4, -0.2) is 12.6 Å². The Morgan fingerprint density at radius 1 is 0.265 bits per heavy atom. The van der Waals surface area contributed by atoms with Crippen LogP contribution in [-0.2, 0) is 9.53 Å². The highest BCUT2D eigenvalue weighted by Gasteiger charge is 2.03. The molecule has 0 fully saturated rings. The van der Waals surface area contributed by atoms with Crippen LogP contribution in [0.1, 0.15) is 290 Å². The summed E-state index contributed by atoms with van der Waals surface area (Å²) in [5.41, 5.74) is 0. The van der Waals surface area contributed by atoms with Gasteiger partial charge in [-0.15, -0.1) is 0 Å². The largest absolute Gasteiger partial charge is 0.466 e. The zero-order valence-corrected chi connectivity index (χ0v) is 34.4. The van der Waals surface area contributed by atoms with Gasteiger partial charge >= 0.3 is 5.97 Å². The molecule has 0 radical (unpaired) electrons. The van der Waals surface area contributed by atoms with E-state index in [2.05, 4.69) is 13.8 Å². The molecule has 0 saturated heterocycles. The topological polar surface area (TPSA) is 26.3 Å². The second kappa shape index (κ2) is 45.5. The Morgan fingerprint density at radius 3 is 0.673 bits per heavy atom. The Bertz CT molecular complexity index is 587. The molecule has 0 bridgehead atoms. The van der Waals surface area contributed by atoms with E-state index in [4.69, 9.17) is 4.74 Å². The fourth-order valence-corrected chi connectivity index (χ4v) is 7.49. The molecule has 49 heavy (non-hydrogen) atoms. The van der Waals surface area contributed by atoms with Gasteiger partial charge in [-0.2, -0.15) is 0 Å². The normalized spacial score (nSPS) is 11.5. The molecule has 0 N–H and O–H groups in total. The fourth-order valence-electron chi connectivity index (χ4n) is 7.49. The number of unbranched alkanes of at least 4 members (excludes halogenated alkanes) is 40. The molecule has 0 aromatic heterocycles. The lowest BCUT2D eigenvalue weighted by Gasteiger charge is -2.06. The number of esters is 1. The SMILES string of the molecule is CCCCCCCCCCCCCCCCCCCCCCCCCCCCCCCOC(=O)CCCCCCCCCCCCCCC. The number of carbonyl (C=O) groups is 1. The first-order chi connectivity index (χ1) is 24.3. The van der Waals surface area contributed by atoms with Gasteiger partial charge in [0.15, 0.2) is 0 Å². The quantitative estimate of drug-likeness (QED) is 0.0470. The van der Waals surface area contributed by atoms with Crippen molar-refractivity contribution >= 4 is 5.97 Å². The molecule has 0 unspecified atom stereocenters. The van der Waals surface area contributed by atoms with Gasteiger partial charge < -0.3 is 4.74 Å². The molecule has 0 amide bonds. The molecule has 294 valence electrons. The summed E-state index contributed by atoms with van der Waals surface area (Å²) < 4.78 is 5.47. The summed E-state index contributed by atoms with van der Waals surface area (Å²) in [6.07, 6.45) is 59.5. The van der Waals surface area contributed by atoms with Gasteiger partial charge in [0.2, 0.25) is 0 Å². The Hall–Kier alpha value is -0.530. The van der Waals surface area contributed by atoms with Gasteiger partial charge in [0.25, 0.3) is 0 Å². The average Bonchev–Trinajstić information content (AvgIpc) is 3.11. The minimum atomic E-state index is 0.0308. The van der Waals surface area contributed by atoms with Gasteiger partial charge in [-0.25, -0.2) is 0 Å². The van der Waals surface area contributed by atoms with Gasteiger partial charge in [0.05, 0.1) is 6.61 Å². The van der Waals surface area contributed by atoms with E-state index >= 15 is 0 Å². The van der Waals surface area contributed by atoms with E-state index in [0.717, 1.165) is 12.8 Å². The molecule has 2 nitrogen and oxygen atoms in total. The lowest BCUT2D eigenvalue weighted by Crippen LogP contribution is -2.05. The van der Waals surface area contributed by atoms with E-state index in [-0.39, 0.29) is 5.97 Å². The van der Waals surface area contributed by atoms with Crippen LogP contribution in [0.2, 0.25) is 0 Å². The molecule has 0 atom stereocenters. The van der Waals surface area contributed by atoms with E-state index in [0.29, 0.717) is 13.0 Å². The molecule has 0 aromatic rings. The second-order valence-corrected chi connectivity index (χ2v) is 16.1. The first kappa shape index (κ1) is 48.5. The smallest absolute Gasteiger partial charge is 0.305 e. The van der Waals surface area contributed by atoms with Gasteiger partial charge in [0, 0.05) is 6.42 Å². The molecule has 0 rings (SSSR count). The van der Waals surface area contributed by atoms with Gasteiger partial charge in [-0.05, 0) is 12.8 Å². The molecule has 0 heterocycles. The highest BCUT2D eigenvalue weighted by atomic mass is 16.5. The number of hydrogen-bond acceptors (Lipinski definition) is 2. The van der Waals surface area contributed by atoms with Crippen molar-refractivity contribution in [3.05, 3.63) is 0 Å². The van der Waals surface area contributed by atoms with Crippen molar-refractivity contribution in [2.45, 2.75) is 290 Å². The van der Waals surface area contributed by atoms with Crippen molar-refractivity contribution in [2.75, 3.05) is 6.61 Å². The summed E-state index contributed by atoms with van der Waals surface area (Å²) in [6.45, 7) is 5.23. The number of rotatable bonds is 44. The molecule has 0 aliphatic rings. The Morgan fingerprint density at radius 2 is 0.449 bits per heavy atom. The zero-order chi connectivity index (χ0) is 35.4. The maximum absolute atomic E-state index is 12.0. The fraction of sp³-hybridized carbons (Fsp3) is 0.979. The molecular weight excluding hydrogens is 597 g/mol. The number of hydrogen-bond donors (Lipinski definition) is 0. The second-order valence-electron chi connectivity index (χ2n) is 16.1. The molecule has 0 aromatic carbocycles. The number of carbonyl (C=O) groups excluding carboxylic acids is 1. The van der Waals surface area contributed by atoms with E-state index < -0.39 is 0 Å². The number of ether oxygens (including phenoxy) is 1. The first-order valence-corrected chi connectivity index (χ1v) is 23.5. The van der Waals surface area contributed by atoms with E-state index in [1.54, 1.807) is 0 Å². The summed E-state index contributed by atoms with van der Waals surface area (Å²) in [6, 6.07) is 0. The minimum absolute atomic E-state index is 0.0308.